The summed E-state index contributed by atoms with van der Waals surface area (Å²) in [5.41, 5.74) is 3.22. The number of amides is 3. The Bertz CT molecular complexity index is 1070. The van der Waals surface area contributed by atoms with Gasteiger partial charge in [0.15, 0.2) is 0 Å². The van der Waals surface area contributed by atoms with Crippen LogP contribution in [0.2, 0.25) is 0 Å². The molecule has 0 spiro atoms. The van der Waals surface area contributed by atoms with Crippen LogP contribution in [0.3, 0.4) is 0 Å². The lowest BCUT2D eigenvalue weighted by molar-refractivity contribution is -0.141. The van der Waals surface area contributed by atoms with Crippen molar-refractivity contribution < 1.29 is 14.4 Å². The molecule has 0 unspecified atom stereocenters. The van der Waals surface area contributed by atoms with E-state index in [2.05, 4.69) is 40.0 Å². The van der Waals surface area contributed by atoms with Crippen LogP contribution in [0.25, 0.3) is 0 Å². The molecule has 1 aromatic carbocycles. The van der Waals surface area contributed by atoms with E-state index in [1.165, 1.54) is 17.5 Å². The maximum atomic E-state index is 14.4. The molecule has 1 saturated heterocycles. The van der Waals surface area contributed by atoms with Crippen molar-refractivity contribution in [2.45, 2.75) is 109 Å². The van der Waals surface area contributed by atoms with E-state index >= 15 is 0 Å². The number of likely N-dealkylation sites (tertiary alicyclic amines) is 1. The summed E-state index contributed by atoms with van der Waals surface area (Å²) in [6.07, 6.45) is 8.66. The number of nitrogens with one attached hydrogen (secondary N) is 4. The monoisotopic (exact) mass is 551 g/mol. The van der Waals surface area contributed by atoms with Crippen molar-refractivity contribution in [1.82, 2.24) is 26.2 Å². The van der Waals surface area contributed by atoms with Crippen molar-refractivity contribution >= 4 is 17.7 Å². The van der Waals surface area contributed by atoms with Gasteiger partial charge >= 0.3 is 0 Å². The third-order valence-corrected chi connectivity index (χ3v) is 9.13. The summed E-state index contributed by atoms with van der Waals surface area (Å²) in [4.78, 5) is 42.6. The highest BCUT2D eigenvalue weighted by Gasteiger charge is 2.44. The SMILES string of the molecule is C=C(N[C@H](C(=O)N1C[C@@H](NC(=O)C(C)C)C[C@H]1C(=O)N[C@@H]1CCCc2ccccc21)C1CCCCC1)[C@H](C)NC. The molecule has 1 heterocycles. The third kappa shape index (κ3) is 7.06. The van der Waals surface area contributed by atoms with Crippen molar-refractivity contribution in [1.29, 1.82) is 0 Å². The number of nitrogens with zero attached hydrogens (tertiary/aromatic N) is 1. The molecule has 4 rings (SSSR count). The van der Waals surface area contributed by atoms with Gasteiger partial charge in [0.1, 0.15) is 12.1 Å². The number of fused-ring (bicyclic) bond motifs is 1. The molecule has 0 radical (unpaired) electrons. The number of aryl methyl sites for hydroxylation is 1. The first-order valence-corrected chi connectivity index (χ1v) is 15.3. The average Bonchev–Trinajstić information content (AvgIpc) is 3.39. The van der Waals surface area contributed by atoms with Gasteiger partial charge in [-0.1, -0.05) is 64.0 Å². The van der Waals surface area contributed by atoms with Gasteiger partial charge in [0.05, 0.1) is 6.04 Å². The zero-order valence-corrected chi connectivity index (χ0v) is 24.8. The highest BCUT2D eigenvalue weighted by Crippen LogP contribution is 2.32. The second kappa shape index (κ2) is 13.7. The quantitative estimate of drug-likeness (QED) is 0.356. The molecule has 1 aliphatic heterocycles. The van der Waals surface area contributed by atoms with Gasteiger partial charge in [0, 0.05) is 30.2 Å². The number of rotatable bonds is 10. The van der Waals surface area contributed by atoms with Crippen LogP contribution in [0, 0.1) is 11.8 Å². The molecule has 8 nitrogen and oxygen atoms in total. The van der Waals surface area contributed by atoms with Crippen LogP contribution in [0.5, 0.6) is 0 Å². The molecular weight excluding hydrogens is 502 g/mol. The molecule has 2 aliphatic carbocycles. The Balaban J connectivity index is 1.58. The molecular formula is C32H49N5O3. The van der Waals surface area contributed by atoms with Crippen LogP contribution in [0.1, 0.15) is 89.3 Å². The summed E-state index contributed by atoms with van der Waals surface area (Å²) in [7, 11) is 1.88. The van der Waals surface area contributed by atoms with Crippen LogP contribution in [-0.2, 0) is 20.8 Å². The molecule has 2 fully saturated rings. The van der Waals surface area contributed by atoms with E-state index in [1.54, 1.807) is 4.90 Å². The molecule has 8 heteroatoms. The van der Waals surface area contributed by atoms with Crippen LogP contribution in [0.4, 0.5) is 0 Å². The van der Waals surface area contributed by atoms with Gasteiger partial charge in [-0.2, -0.15) is 0 Å². The molecule has 0 bridgehead atoms. The Morgan fingerprint density at radius 2 is 1.70 bits per heavy atom. The zero-order valence-electron chi connectivity index (χ0n) is 24.8. The minimum Gasteiger partial charge on any atom is -0.376 e. The largest absolute Gasteiger partial charge is 0.376 e. The fourth-order valence-electron chi connectivity index (χ4n) is 6.50. The minimum absolute atomic E-state index is 0.000937. The Labute approximate surface area is 240 Å². The first kappa shape index (κ1) is 30.1. The number of hydrogen-bond donors (Lipinski definition) is 4. The number of benzene rings is 1. The van der Waals surface area contributed by atoms with E-state index in [0.717, 1.165) is 50.6 Å². The van der Waals surface area contributed by atoms with Crippen molar-refractivity contribution in [3.05, 3.63) is 47.7 Å². The number of carbonyl (C=O) groups excluding carboxylic acids is 3. The predicted octanol–water partition coefficient (Wildman–Crippen LogP) is 3.58. The number of likely N-dealkylation sites (N-methyl/N-ethyl adjacent to an activating group) is 1. The zero-order chi connectivity index (χ0) is 28.8. The van der Waals surface area contributed by atoms with E-state index in [0.29, 0.717) is 13.0 Å². The Morgan fingerprint density at radius 3 is 2.40 bits per heavy atom. The molecule has 1 aromatic rings. The lowest BCUT2D eigenvalue weighted by Crippen LogP contribution is -2.56. The number of carbonyl (C=O) groups is 3. The smallest absolute Gasteiger partial charge is 0.246 e. The van der Waals surface area contributed by atoms with Crippen LogP contribution in [0.15, 0.2) is 36.5 Å². The highest BCUT2D eigenvalue weighted by atomic mass is 16.2. The topological polar surface area (TPSA) is 103 Å². The molecule has 5 atom stereocenters. The second-order valence-electron chi connectivity index (χ2n) is 12.3. The summed E-state index contributed by atoms with van der Waals surface area (Å²) < 4.78 is 0. The molecule has 1 saturated carbocycles. The maximum Gasteiger partial charge on any atom is 0.246 e. The highest BCUT2D eigenvalue weighted by molar-refractivity contribution is 5.91. The van der Waals surface area contributed by atoms with E-state index in [1.807, 2.05) is 40.0 Å². The summed E-state index contributed by atoms with van der Waals surface area (Å²) >= 11 is 0. The third-order valence-electron chi connectivity index (χ3n) is 9.13. The molecule has 3 aliphatic rings. The Hall–Kier alpha value is -2.87. The Kier molecular flexibility index (Phi) is 10.3. The van der Waals surface area contributed by atoms with Crippen LogP contribution < -0.4 is 21.3 Å². The second-order valence-corrected chi connectivity index (χ2v) is 12.3. The molecule has 40 heavy (non-hydrogen) atoms. The molecule has 4 N–H and O–H groups in total. The molecule has 0 aromatic heterocycles. The van der Waals surface area contributed by atoms with Crippen molar-refractivity contribution in [3.63, 3.8) is 0 Å². The van der Waals surface area contributed by atoms with Crippen molar-refractivity contribution in [2.24, 2.45) is 11.8 Å². The van der Waals surface area contributed by atoms with Gasteiger partial charge in [0.2, 0.25) is 17.7 Å². The van der Waals surface area contributed by atoms with E-state index in [-0.39, 0.29) is 47.7 Å². The fourth-order valence-corrected chi connectivity index (χ4v) is 6.50. The Morgan fingerprint density at radius 1 is 0.975 bits per heavy atom. The van der Waals surface area contributed by atoms with Crippen molar-refractivity contribution in [2.75, 3.05) is 13.6 Å². The van der Waals surface area contributed by atoms with Crippen LogP contribution >= 0.6 is 0 Å². The van der Waals surface area contributed by atoms with Crippen LogP contribution in [-0.4, -0.2) is 60.4 Å². The first-order valence-electron chi connectivity index (χ1n) is 15.3. The van der Waals surface area contributed by atoms with E-state index in [4.69, 9.17) is 0 Å². The van der Waals surface area contributed by atoms with Gasteiger partial charge in [0.25, 0.3) is 0 Å². The predicted molar refractivity (Wildman–Crippen MR) is 158 cm³/mol. The van der Waals surface area contributed by atoms with Gasteiger partial charge in [-0.15, -0.1) is 0 Å². The summed E-state index contributed by atoms with van der Waals surface area (Å²) in [5, 5.41) is 13.1. The van der Waals surface area contributed by atoms with E-state index < -0.39 is 12.1 Å². The normalized spacial score (nSPS) is 24.6. The van der Waals surface area contributed by atoms with Gasteiger partial charge in [-0.25, -0.2) is 0 Å². The maximum absolute atomic E-state index is 14.4. The standard InChI is InChI=1S/C32H49N5O3/c1-20(2)30(38)35-25-18-28(31(39)36-27-17-11-15-23-12-9-10-16-26(23)27)37(19-25)32(40)29(24-13-7-6-8-14-24)34-22(4)21(3)33-5/h9-10,12,16,20-21,24-25,27-29,33-34H,4,6-8,11,13-15,17-19H2,1-3,5H3,(H,35,38)(H,36,39)/t21-,25-,27+,28-,29-/m0/s1. The first-order chi connectivity index (χ1) is 19.2. The lowest BCUT2D eigenvalue weighted by atomic mass is 9.83. The molecule has 220 valence electrons. The number of hydrogen-bond acceptors (Lipinski definition) is 5. The van der Waals surface area contributed by atoms with Gasteiger partial charge in [-0.3, -0.25) is 14.4 Å². The molecule has 3 amide bonds. The fraction of sp³-hybridized carbons (Fsp3) is 0.656. The lowest BCUT2D eigenvalue weighted by Gasteiger charge is -2.36. The summed E-state index contributed by atoms with van der Waals surface area (Å²) in [6.45, 7) is 10.3. The van der Waals surface area contributed by atoms with Gasteiger partial charge < -0.3 is 26.2 Å². The minimum atomic E-state index is -0.637. The van der Waals surface area contributed by atoms with Crippen molar-refractivity contribution in [3.8, 4) is 0 Å². The average molecular weight is 552 g/mol. The summed E-state index contributed by atoms with van der Waals surface area (Å²) in [5.74, 6) is -0.250. The summed E-state index contributed by atoms with van der Waals surface area (Å²) in [6, 6.07) is 6.88. The van der Waals surface area contributed by atoms with E-state index in [9.17, 15) is 14.4 Å². The van der Waals surface area contributed by atoms with Gasteiger partial charge in [-0.05, 0) is 69.5 Å².